The number of hydrogen-bond acceptors (Lipinski definition) is 5. The first-order valence-corrected chi connectivity index (χ1v) is 8.91. The van der Waals surface area contributed by atoms with Crippen LogP contribution in [0.4, 0.5) is 0 Å². The zero-order valence-electron chi connectivity index (χ0n) is 11.2. The Kier molecular flexibility index (Phi) is 5.25. The molecular formula is C14H10Br2O5S. The van der Waals surface area contributed by atoms with Crippen LogP contribution in [-0.2, 0) is 14.9 Å². The van der Waals surface area contributed by atoms with Crippen LogP contribution in [0.5, 0.6) is 5.75 Å². The molecule has 2 aromatic rings. The van der Waals surface area contributed by atoms with Crippen LogP contribution >= 0.6 is 31.9 Å². The number of halogens is 2. The fourth-order valence-corrected chi connectivity index (χ4v) is 4.26. The van der Waals surface area contributed by atoms with Gasteiger partial charge in [-0.05, 0) is 52.3 Å². The van der Waals surface area contributed by atoms with E-state index in [1.54, 1.807) is 12.1 Å². The van der Waals surface area contributed by atoms with Crippen LogP contribution in [0.3, 0.4) is 0 Å². The molecule has 0 N–H and O–H groups in total. The number of ether oxygens (including phenoxy) is 1. The van der Waals surface area contributed by atoms with Gasteiger partial charge in [-0.2, -0.15) is 8.42 Å². The summed E-state index contributed by atoms with van der Waals surface area (Å²) < 4.78 is 35.3. The van der Waals surface area contributed by atoms with Gasteiger partial charge in [-0.25, -0.2) is 4.79 Å². The van der Waals surface area contributed by atoms with Gasteiger partial charge >= 0.3 is 16.1 Å². The van der Waals surface area contributed by atoms with Crippen molar-refractivity contribution in [1.82, 2.24) is 0 Å². The molecule has 0 amide bonds. The van der Waals surface area contributed by atoms with Gasteiger partial charge < -0.3 is 8.92 Å². The lowest BCUT2D eigenvalue weighted by atomic mass is 10.2. The highest BCUT2D eigenvalue weighted by atomic mass is 79.9. The van der Waals surface area contributed by atoms with E-state index < -0.39 is 16.1 Å². The third-order valence-corrected chi connectivity index (χ3v) is 5.34. The van der Waals surface area contributed by atoms with E-state index in [4.69, 9.17) is 4.18 Å². The monoisotopic (exact) mass is 448 g/mol. The lowest BCUT2D eigenvalue weighted by Crippen LogP contribution is -2.11. The predicted molar refractivity (Wildman–Crippen MR) is 87.4 cm³/mol. The average Bonchev–Trinajstić information content (AvgIpc) is 2.45. The Bertz CT molecular complexity index is 818. The first-order valence-electron chi connectivity index (χ1n) is 5.91. The number of carbonyl (C=O) groups is 1. The summed E-state index contributed by atoms with van der Waals surface area (Å²) in [5.74, 6) is -0.551. The predicted octanol–water partition coefficient (Wildman–Crippen LogP) is 3.77. The molecule has 8 heteroatoms. The minimum atomic E-state index is -4.03. The van der Waals surface area contributed by atoms with Crippen molar-refractivity contribution < 1.29 is 22.1 Å². The second kappa shape index (κ2) is 6.80. The van der Waals surface area contributed by atoms with Gasteiger partial charge in [0.1, 0.15) is 10.6 Å². The molecule has 0 radical (unpaired) electrons. The summed E-state index contributed by atoms with van der Waals surface area (Å²) in [5.41, 5.74) is 0.199. The summed E-state index contributed by atoms with van der Waals surface area (Å²) in [6, 6.07) is 10.3. The Morgan fingerprint density at radius 1 is 1.09 bits per heavy atom. The molecule has 0 fully saturated rings. The van der Waals surface area contributed by atoms with Crippen LogP contribution in [0, 0.1) is 0 Å². The lowest BCUT2D eigenvalue weighted by Gasteiger charge is -2.09. The fourth-order valence-electron chi connectivity index (χ4n) is 1.64. The molecule has 0 aliphatic rings. The molecule has 0 aromatic heterocycles. The zero-order valence-corrected chi connectivity index (χ0v) is 15.2. The first kappa shape index (κ1) is 17.0. The minimum Gasteiger partial charge on any atom is -0.465 e. The molecule has 0 saturated carbocycles. The van der Waals surface area contributed by atoms with Crippen molar-refractivity contribution in [3.63, 3.8) is 0 Å². The van der Waals surface area contributed by atoms with Crippen LogP contribution in [0.2, 0.25) is 0 Å². The Balaban J connectivity index is 2.35. The third-order valence-electron chi connectivity index (χ3n) is 2.62. The van der Waals surface area contributed by atoms with Crippen LogP contribution in [0.25, 0.3) is 0 Å². The van der Waals surface area contributed by atoms with E-state index in [1.165, 1.54) is 37.4 Å². The van der Waals surface area contributed by atoms with Gasteiger partial charge in [-0.3, -0.25) is 0 Å². The molecule has 5 nitrogen and oxygen atoms in total. The maximum Gasteiger partial charge on any atom is 0.340 e. The highest BCUT2D eigenvalue weighted by Crippen LogP contribution is 2.28. The molecule has 0 saturated heterocycles. The second-order valence-electron chi connectivity index (χ2n) is 4.13. The number of hydrogen-bond donors (Lipinski definition) is 0. The van der Waals surface area contributed by atoms with Gasteiger partial charge in [-0.15, -0.1) is 0 Å². The van der Waals surface area contributed by atoms with Gasteiger partial charge in [0.2, 0.25) is 0 Å². The molecule has 0 heterocycles. The van der Waals surface area contributed by atoms with E-state index >= 15 is 0 Å². The van der Waals surface area contributed by atoms with Crippen LogP contribution < -0.4 is 4.18 Å². The molecule has 0 aliphatic heterocycles. The molecule has 2 aromatic carbocycles. The zero-order chi connectivity index (χ0) is 16.3. The Hall–Kier alpha value is -1.38. The molecule has 0 spiro atoms. The first-order chi connectivity index (χ1) is 10.3. The third kappa shape index (κ3) is 3.88. The number of esters is 1. The maximum absolute atomic E-state index is 12.3. The standard InChI is InChI=1S/C14H10Br2O5S/c1-20-14(17)9-3-2-4-11(7-9)21-22(18,19)13-6-5-10(15)8-12(13)16/h2-8H,1H3. The summed E-state index contributed by atoms with van der Waals surface area (Å²) in [4.78, 5) is 11.4. The van der Waals surface area contributed by atoms with Gasteiger partial charge in [0.15, 0.2) is 0 Å². The Labute approximate surface area is 144 Å². The van der Waals surface area contributed by atoms with Crippen molar-refractivity contribution >= 4 is 47.9 Å². The van der Waals surface area contributed by atoms with E-state index in [-0.39, 0.29) is 16.2 Å². The SMILES string of the molecule is COC(=O)c1cccc(OS(=O)(=O)c2ccc(Br)cc2Br)c1. The second-order valence-corrected chi connectivity index (χ2v) is 7.42. The topological polar surface area (TPSA) is 69.7 Å². The van der Waals surface area contributed by atoms with E-state index in [0.29, 0.717) is 4.47 Å². The Morgan fingerprint density at radius 3 is 2.45 bits per heavy atom. The molecule has 116 valence electrons. The van der Waals surface area contributed by atoms with Crippen molar-refractivity contribution in [3.05, 3.63) is 57.0 Å². The van der Waals surface area contributed by atoms with Crippen LogP contribution in [0.15, 0.2) is 56.3 Å². The molecule has 0 bridgehead atoms. The summed E-state index contributed by atoms with van der Waals surface area (Å²) in [6.07, 6.45) is 0. The van der Waals surface area contributed by atoms with E-state index in [1.807, 2.05) is 0 Å². The number of rotatable bonds is 4. The van der Waals surface area contributed by atoms with Crippen molar-refractivity contribution in [2.75, 3.05) is 7.11 Å². The highest BCUT2D eigenvalue weighted by Gasteiger charge is 2.21. The van der Waals surface area contributed by atoms with Crippen molar-refractivity contribution in [3.8, 4) is 5.75 Å². The smallest absolute Gasteiger partial charge is 0.340 e. The lowest BCUT2D eigenvalue weighted by molar-refractivity contribution is 0.0600. The van der Waals surface area contributed by atoms with Crippen LogP contribution in [0.1, 0.15) is 10.4 Å². The van der Waals surface area contributed by atoms with Gasteiger partial charge in [0.25, 0.3) is 0 Å². The van der Waals surface area contributed by atoms with Crippen molar-refractivity contribution in [2.45, 2.75) is 4.90 Å². The van der Waals surface area contributed by atoms with Gasteiger partial charge in [-0.1, -0.05) is 22.0 Å². The summed E-state index contributed by atoms with van der Waals surface area (Å²) >= 11 is 6.43. The fraction of sp³-hybridized carbons (Fsp3) is 0.0714. The number of benzene rings is 2. The van der Waals surface area contributed by atoms with Gasteiger partial charge in [0.05, 0.1) is 12.7 Å². The normalized spacial score (nSPS) is 11.0. The minimum absolute atomic E-state index is 0.0147. The van der Waals surface area contributed by atoms with E-state index in [0.717, 1.165) is 4.47 Å². The summed E-state index contributed by atoms with van der Waals surface area (Å²) in [7, 11) is -2.79. The van der Waals surface area contributed by atoms with E-state index in [9.17, 15) is 13.2 Å². The summed E-state index contributed by atoms with van der Waals surface area (Å²) in [5, 5.41) is 0. The van der Waals surface area contributed by atoms with Crippen molar-refractivity contribution in [1.29, 1.82) is 0 Å². The highest BCUT2D eigenvalue weighted by molar-refractivity contribution is 9.11. The number of carbonyl (C=O) groups excluding carboxylic acids is 1. The quantitative estimate of drug-likeness (QED) is 0.524. The van der Waals surface area contributed by atoms with Crippen LogP contribution in [-0.4, -0.2) is 21.5 Å². The molecule has 22 heavy (non-hydrogen) atoms. The molecule has 0 atom stereocenters. The molecule has 2 rings (SSSR count). The Morgan fingerprint density at radius 2 is 1.82 bits per heavy atom. The van der Waals surface area contributed by atoms with Crippen molar-refractivity contribution in [2.24, 2.45) is 0 Å². The maximum atomic E-state index is 12.3. The molecular weight excluding hydrogens is 440 g/mol. The number of methoxy groups -OCH3 is 1. The molecule has 0 unspecified atom stereocenters. The summed E-state index contributed by atoms with van der Waals surface area (Å²) in [6.45, 7) is 0. The van der Waals surface area contributed by atoms with Gasteiger partial charge in [0, 0.05) is 8.95 Å². The largest absolute Gasteiger partial charge is 0.465 e. The average molecular weight is 450 g/mol. The molecule has 0 aliphatic carbocycles. The van der Waals surface area contributed by atoms with E-state index in [2.05, 4.69) is 36.6 Å².